The molecule has 0 radical (unpaired) electrons. The van der Waals surface area contributed by atoms with Gasteiger partial charge in [0, 0.05) is 48.6 Å². The number of rotatable bonds is 47. The predicted molar refractivity (Wildman–Crippen MR) is 537 cm³/mol. The van der Waals surface area contributed by atoms with Gasteiger partial charge in [-0.1, -0.05) is 255 Å². The Hall–Kier alpha value is -8.00. The molecule has 10 rings (SSSR count). The predicted octanol–water partition coefficient (Wildman–Crippen LogP) is 28.7. The molecule has 1 fully saturated rings. The molecular formula is C110H151ClO13S3. The highest BCUT2D eigenvalue weighted by Crippen LogP contribution is 2.30. The zero-order valence-corrected chi connectivity index (χ0v) is 83.4. The van der Waals surface area contributed by atoms with Gasteiger partial charge in [-0.2, -0.15) is 0 Å². The van der Waals surface area contributed by atoms with Crippen molar-refractivity contribution in [3.63, 3.8) is 0 Å². The summed E-state index contributed by atoms with van der Waals surface area (Å²) < 4.78 is 62.7. The lowest BCUT2D eigenvalue weighted by Crippen LogP contribution is -2.28. The fourth-order valence-corrected chi connectivity index (χ4v) is 15.1. The summed E-state index contributed by atoms with van der Waals surface area (Å²) in [4.78, 5) is 25.7. The lowest BCUT2D eigenvalue weighted by atomic mass is 10.0. The molecule has 8 aromatic carbocycles. The smallest absolute Gasteiger partial charge is 0.333 e. The Bertz CT molecular complexity index is 4330. The molecule has 17 heteroatoms. The van der Waals surface area contributed by atoms with Crippen LogP contribution in [0.1, 0.15) is 245 Å². The zero-order chi connectivity index (χ0) is 93.0. The molecule has 13 nitrogen and oxygen atoms in total. The van der Waals surface area contributed by atoms with Gasteiger partial charge in [0.05, 0.1) is 50.8 Å². The lowest BCUT2D eigenvalue weighted by molar-refractivity contribution is -0.139. The first-order valence-electron chi connectivity index (χ1n) is 45.7. The maximum absolute atomic E-state index is 11.2. The highest BCUT2D eigenvalue weighted by atomic mass is 35.5. The van der Waals surface area contributed by atoms with Crippen LogP contribution in [0.25, 0.3) is 0 Å². The number of epoxide rings is 1. The Morgan fingerprint density at radius 2 is 0.780 bits per heavy atom. The fourth-order valence-electron chi connectivity index (χ4n) is 12.3. The van der Waals surface area contributed by atoms with Crippen LogP contribution in [0.2, 0.25) is 5.02 Å². The van der Waals surface area contributed by atoms with Crippen LogP contribution in [0.5, 0.6) is 23.0 Å². The van der Waals surface area contributed by atoms with Crippen LogP contribution in [0.4, 0.5) is 0 Å². The summed E-state index contributed by atoms with van der Waals surface area (Å²) in [5.74, 6) is 9.33. The minimum absolute atomic E-state index is 0.0328. The van der Waals surface area contributed by atoms with Gasteiger partial charge in [-0.15, -0.1) is 35.3 Å². The van der Waals surface area contributed by atoms with E-state index < -0.39 is 0 Å². The van der Waals surface area contributed by atoms with Crippen LogP contribution in [0, 0.1) is 5.92 Å². The van der Waals surface area contributed by atoms with Gasteiger partial charge in [-0.3, -0.25) is 0 Å². The summed E-state index contributed by atoms with van der Waals surface area (Å²) in [6.07, 6.45) is 13.6. The topological polar surface area (TPSA) is 139 Å². The van der Waals surface area contributed by atoms with E-state index in [1.54, 1.807) is 18.7 Å². The maximum atomic E-state index is 11.2. The van der Waals surface area contributed by atoms with Gasteiger partial charge in [-0.05, 0) is 251 Å². The highest BCUT2D eigenvalue weighted by molar-refractivity contribution is 8.03. The van der Waals surface area contributed by atoms with Gasteiger partial charge in [-0.25, -0.2) is 9.59 Å². The van der Waals surface area contributed by atoms with E-state index in [4.69, 9.17) is 63.7 Å². The van der Waals surface area contributed by atoms with Crippen molar-refractivity contribution in [1.29, 1.82) is 0 Å². The van der Waals surface area contributed by atoms with Crippen LogP contribution in [-0.4, -0.2) is 131 Å². The SMILES string of the molecule is C=C(C)C(=O)OCCCc1ccc(C(C)C)cc1.C=CC(=O)OCCCc1ccc(C(C)C)cc1.CC(C)OC(COc1ccc(C(C)C)cc1)CSC1=CCC=C1.CC(C)OC(COc1ccc(C(C)C)cc1)CSc1ccc(Cl)cc1.CC(C)OC(COc1ccc(C(C)C)cc1)CSc1ccccc1.CC(C)c1ccc(OCC(OCC2CO2)C(C)C)cc1. The number of carbonyl (C=O) groups is 2. The molecule has 1 heterocycles. The van der Waals surface area contributed by atoms with Gasteiger partial charge in [0.2, 0.25) is 0 Å². The third-order valence-electron chi connectivity index (χ3n) is 20.1. The molecule has 0 amide bonds. The molecule has 5 unspecified atom stereocenters. The first-order valence-corrected chi connectivity index (χ1v) is 49.0. The molecule has 0 N–H and O–H groups in total. The molecule has 127 heavy (non-hydrogen) atoms. The minimum atomic E-state index is -0.347. The Morgan fingerprint density at radius 1 is 0.441 bits per heavy atom. The van der Waals surface area contributed by atoms with Crippen molar-refractivity contribution in [3.05, 3.63) is 298 Å². The second kappa shape index (κ2) is 62.3. The standard InChI is InChI=1S/C21H27ClO2S.C21H28O2S.C20H28O2S.C17H26O3.C16H22O2.C15H20O2/c1-15(2)17-5-9-19(10-6-17)23-13-20(24-16(3)4)14-25-21-11-7-18(22)8-12-21;1-16(2)18-10-12-19(13-11-18)22-14-20(23-17(3)4)15-24-21-8-6-5-7-9-21;1-15(2)17-9-11-18(12-10-17)21-13-19(22-16(3)4)14-23-20-7-5-6-8-20;1-12(2)14-5-7-15(8-6-14)19-11-17(13(3)4)20-10-16-9-18-16;1-12(2)15-9-7-14(8-10-15)6-5-11-18-16(17)13(3)4;1-4-15(16)17-11-5-6-13-7-9-14(10-8-13)12(2)3/h5-12,15-16,20H,13-14H2,1-4H3;5-13,16-17,20H,14-15H2,1-4H3;5,7-12,15-16,19H,6,13-14H2,1-4H3;5-8,12-13,16-17H,9-11H2,1-4H3;7-10,12H,3,5-6,11H2,1-2,4H3;4,7-10,12H,1,5-6,11H2,2-3H3. The van der Waals surface area contributed by atoms with E-state index in [-0.39, 0.29) is 54.7 Å². The number of hydrogen-bond acceptors (Lipinski definition) is 16. The molecule has 0 bridgehead atoms. The molecule has 1 aliphatic carbocycles. The van der Waals surface area contributed by atoms with E-state index in [2.05, 4.69) is 303 Å². The van der Waals surface area contributed by atoms with Gasteiger partial charge in [0.1, 0.15) is 73.8 Å². The van der Waals surface area contributed by atoms with E-state index >= 15 is 0 Å². The number of halogens is 1. The maximum Gasteiger partial charge on any atom is 0.333 e. The van der Waals surface area contributed by atoms with Gasteiger partial charge < -0.3 is 52.1 Å². The third-order valence-corrected chi connectivity index (χ3v) is 23.8. The van der Waals surface area contributed by atoms with Crippen molar-refractivity contribution in [2.75, 3.05) is 70.1 Å². The second-order valence-electron chi connectivity index (χ2n) is 34.9. The largest absolute Gasteiger partial charge is 0.491 e. The summed E-state index contributed by atoms with van der Waals surface area (Å²) in [7, 11) is 0. The first-order chi connectivity index (χ1) is 60.7. The van der Waals surface area contributed by atoms with Crippen molar-refractivity contribution in [2.24, 2.45) is 5.92 Å². The van der Waals surface area contributed by atoms with Crippen molar-refractivity contribution in [1.82, 2.24) is 0 Å². The number of hydrogen-bond donors (Lipinski definition) is 0. The fraction of sp³-hybridized carbons (Fsp3) is 0.473. The lowest BCUT2D eigenvalue weighted by Gasteiger charge is -2.21. The van der Waals surface area contributed by atoms with Crippen LogP contribution in [0.15, 0.2) is 258 Å². The first kappa shape index (κ1) is 110. The molecule has 1 aliphatic heterocycles. The third kappa shape index (κ3) is 49.0. The molecular weight excluding hydrogens is 1660 g/mol. The van der Waals surface area contributed by atoms with Crippen LogP contribution >= 0.6 is 46.9 Å². The summed E-state index contributed by atoms with van der Waals surface area (Å²) in [5, 5.41) is 0.757. The Morgan fingerprint density at radius 3 is 1.09 bits per heavy atom. The monoisotopic (exact) mass is 1810 g/mol. The zero-order valence-electron chi connectivity index (χ0n) is 80.2. The number of thioether (sulfide) groups is 3. The van der Waals surface area contributed by atoms with Gasteiger partial charge >= 0.3 is 11.9 Å². The van der Waals surface area contributed by atoms with Gasteiger partial charge in [0.25, 0.3) is 0 Å². The van der Waals surface area contributed by atoms with Crippen molar-refractivity contribution < 1.29 is 61.7 Å². The molecule has 0 spiro atoms. The van der Waals surface area contributed by atoms with Crippen molar-refractivity contribution in [3.8, 4) is 23.0 Å². The molecule has 694 valence electrons. The Kier molecular flexibility index (Phi) is 53.7. The van der Waals surface area contributed by atoms with E-state index in [0.717, 1.165) is 84.0 Å². The van der Waals surface area contributed by atoms with E-state index in [0.29, 0.717) is 99.4 Å². The quantitative estimate of drug-likeness (QED) is 0.0117. The van der Waals surface area contributed by atoms with Crippen molar-refractivity contribution in [2.45, 2.75) is 272 Å². The Labute approximate surface area is 783 Å². The minimum Gasteiger partial charge on any atom is -0.491 e. The average molecular weight is 1810 g/mol. The summed E-state index contributed by atoms with van der Waals surface area (Å²) in [6.45, 7) is 56.3. The van der Waals surface area contributed by atoms with E-state index in [1.165, 1.54) is 65.3 Å². The number of benzene rings is 8. The van der Waals surface area contributed by atoms with Crippen LogP contribution < -0.4 is 18.9 Å². The number of ether oxygens (including phenoxy) is 11. The molecule has 0 saturated carbocycles. The highest BCUT2D eigenvalue weighted by Gasteiger charge is 2.26. The molecule has 1 saturated heterocycles. The molecule has 8 aromatic rings. The molecule has 0 aromatic heterocycles. The van der Waals surface area contributed by atoms with Crippen LogP contribution in [0.3, 0.4) is 0 Å². The second-order valence-corrected chi connectivity index (χ2v) is 38.6. The van der Waals surface area contributed by atoms with Gasteiger partial charge in [0.15, 0.2) is 0 Å². The molecule has 5 atom stereocenters. The number of carbonyl (C=O) groups excluding carboxylic acids is 2. The number of esters is 2. The summed E-state index contributed by atoms with van der Waals surface area (Å²) in [5.41, 5.74) is 11.0. The average Bonchev–Trinajstić information content (AvgIpc) is 1.04. The normalized spacial score (nSPS) is 13.5. The van der Waals surface area contributed by atoms with Crippen molar-refractivity contribution >= 4 is 58.8 Å². The summed E-state index contributed by atoms with van der Waals surface area (Å²) in [6, 6.07) is 69.0. The van der Waals surface area contributed by atoms with E-state index in [1.807, 2.05) is 90.3 Å². The molecule has 2 aliphatic rings. The summed E-state index contributed by atoms with van der Waals surface area (Å²) >= 11 is 11.3. The van der Waals surface area contributed by atoms with E-state index in [9.17, 15) is 9.59 Å². The van der Waals surface area contributed by atoms with Crippen LogP contribution in [-0.2, 0) is 55.6 Å². The number of allylic oxidation sites excluding steroid dienone is 3. The Balaban J connectivity index is 0.000000272. The number of aryl methyl sites for hydroxylation is 2.